The summed E-state index contributed by atoms with van der Waals surface area (Å²) < 4.78 is 0. The summed E-state index contributed by atoms with van der Waals surface area (Å²) in [4.78, 5) is 5.16. The monoisotopic (exact) mass is 260 g/mol. The van der Waals surface area contributed by atoms with Crippen molar-refractivity contribution in [3.05, 3.63) is 35.9 Å². The highest BCUT2D eigenvalue weighted by atomic mass is 15.3. The van der Waals surface area contributed by atoms with E-state index in [0.29, 0.717) is 12.0 Å². The van der Waals surface area contributed by atoms with Crippen LogP contribution in [0.25, 0.3) is 0 Å². The van der Waals surface area contributed by atoms with Gasteiger partial charge in [-0.3, -0.25) is 4.90 Å². The van der Waals surface area contributed by atoms with Gasteiger partial charge in [-0.1, -0.05) is 51.1 Å². The van der Waals surface area contributed by atoms with E-state index in [-0.39, 0.29) is 0 Å². The number of nitrogens with zero attached hydrogens (tertiary/aromatic N) is 2. The summed E-state index contributed by atoms with van der Waals surface area (Å²) in [5.41, 5.74) is 1.46. The zero-order valence-corrected chi connectivity index (χ0v) is 12.8. The zero-order chi connectivity index (χ0) is 13.8. The van der Waals surface area contributed by atoms with Crippen molar-refractivity contribution in [3.8, 4) is 0 Å². The Morgan fingerprint density at radius 3 is 2.42 bits per heavy atom. The molecular formula is C17H28N2. The van der Waals surface area contributed by atoms with Gasteiger partial charge in [0.1, 0.15) is 0 Å². The van der Waals surface area contributed by atoms with Crippen LogP contribution < -0.4 is 0 Å². The van der Waals surface area contributed by atoms with Crippen LogP contribution in [0.15, 0.2) is 30.3 Å². The van der Waals surface area contributed by atoms with Crippen LogP contribution in [-0.4, -0.2) is 49.1 Å². The molecular weight excluding hydrogens is 232 g/mol. The Hall–Kier alpha value is -0.860. The molecule has 1 unspecified atom stereocenters. The maximum atomic E-state index is 2.70. The molecule has 1 aliphatic heterocycles. The normalized spacial score (nSPS) is 23.7. The van der Waals surface area contributed by atoms with E-state index in [1.54, 1.807) is 0 Å². The average Bonchev–Trinajstić information content (AvgIpc) is 2.41. The van der Waals surface area contributed by atoms with Crippen LogP contribution in [0.5, 0.6) is 0 Å². The van der Waals surface area contributed by atoms with E-state index in [1.807, 2.05) is 0 Å². The van der Waals surface area contributed by atoms with Gasteiger partial charge in [-0.2, -0.15) is 0 Å². The largest absolute Gasteiger partial charge is 0.304 e. The highest BCUT2D eigenvalue weighted by molar-refractivity contribution is 5.19. The van der Waals surface area contributed by atoms with E-state index in [4.69, 9.17) is 0 Å². The van der Waals surface area contributed by atoms with Gasteiger partial charge in [-0.25, -0.2) is 0 Å². The van der Waals surface area contributed by atoms with Crippen molar-refractivity contribution in [3.63, 3.8) is 0 Å². The molecule has 1 saturated heterocycles. The molecule has 1 aromatic carbocycles. The van der Waals surface area contributed by atoms with Crippen molar-refractivity contribution in [2.45, 2.75) is 32.7 Å². The molecule has 19 heavy (non-hydrogen) atoms. The van der Waals surface area contributed by atoms with Crippen molar-refractivity contribution < 1.29 is 0 Å². The maximum Gasteiger partial charge on any atom is 0.0246 e. The van der Waals surface area contributed by atoms with Gasteiger partial charge in [0.2, 0.25) is 0 Å². The molecule has 0 amide bonds. The van der Waals surface area contributed by atoms with Crippen molar-refractivity contribution in [2.75, 3.05) is 33.2 Å². The van der Waals surface area contributed by atoms with E-state index in [9.17, 15) is 0 Å². The molecule has 0 aromatic heterocycles. The lowest BCUT2D eigenvalue weighted by Gasteiger charge is -2.43. The first-order valence-corrected chi connectivity index (χ1v) is 7.55. The third-order valence-corrected chi connectivity index (χ3v) is 4.38. The van der Waals surface area contributed by atoms with Gasteiger partial charge in [0.25, 0.3) is 0 Å². The molecule has 1 heterocycles. The molecule has 2 atom stereocenters. The molecule has 1 fully saturated rings. The van der Waals surface area contributed by atoms with Crippen LogP contribution in [0.3, 0.4) is 0 Å². The number of hydrogen-bond donors (Lipinski definition) is 0. The molecule has 0 N–H and O–H groups in total. The SMILES string of the molecule is CC(CN1CCN(C)C[C@@H]1C(C)C)c1ccccc1. The number of benzene rings is 1. The summed E-state index contributed by atoms with van der Waals surface area (Å²) in [5.74, 6) is 1.34. The third-order valence-electron chi connectivity index (χ3n) is 4.38. The van der Waals surface area contributed by atoms with Crippen LogP contribution in [-0.2, 0) is 0 Å². The number of likely N-dealkylation sites (N-methyl/N-ethyl adjacent to an activating group) is 1. The summed E-state index contributed by atoms with van der Waals surface area (Å²) in [5, 5.41) is 0. The molecule has 2 heteroatoms. The minimum Gasteiger partial charge on any atom is -0.304 e. The van der Waals surface area contributed by atoms with E-state index in [1.165, 1.54) is 31.7 Å². The molecule has 1 aliphatic rings. The van der Waals surface area contributed by atoms with Crippen molar-refractivity contribution in [1.29, 1.82) is 0 Å². The first-order chi connectivity index (χ1) is 9.08. The maximum absolute atomic E-state index is 2.70. The molecule has 0 saturated carbocycles. The summed E-state index contributed by atoms with van der Waals surface area (Å²) in [6.45, 7) is 11.8. The Morgan fingerprint density at radius 1 is 1.11 bits per heavy atom. The van der Waals surface area contributed by atoms with E-state index in [2.05, 4.69) is 68.0 Å². The average molecular weight is 260 g/mol. The molecule has 0 radical (unpaired) electrons. The quantitative estimate of drug-likeness (QED) is 0.821. The Labute approximate surface area is 118 Å². The van der Waals surface area contributed by atoms with Gasteiger partial charge in [-0.15, -0.1) is 0 Å². The summed E-state index contributed by atoms with van der Waals surface area (Å²) in [6.07, 6.45) is 0. The van der Waals surface area contributed by atoms with Crippen molar-refractivity contribution in [2.24, 2.45) is 5.92 Å². The van der Waals surface area contributed by atoms with Crippen LogP contribution in [0.2, 0.25) is 0 Å². The number of piperazine rings is 1. The van der Waals surface area contributed by atoms with Crippen molar-refractivity contribution in [1.82, 2.24) is 9.80 Å². The van der Waals surface area contributed by atoms with Gasteiger partial charge in [0, 0.05) is 32.2 Å². The van der Waals surface area contributed by atoms with Gasteiger partial charge >= 0.3 is 0 Å². The van der Waals surface area contributed by atoms with Gasteiger partial charge < -0.3 is 4.90 Å². The van der Waals surface area contributed by atoms with E-state index < -0.39 is 0 Å². The highest BCUT2D eigenvalue weighted by Crippen LogP contribution is 2.22. The predicted octanol–water partition coefficient (Wildman–Crippen LogP) is 3.06. The molecule has 0 spiro atoms. The first-order valence-electron chi connectivity index (χ1n) is 7.55. The minimum atomic E-state index is 0.617. The standard InChI is InChI=1S/C17H28N2/c1-14(2)17-13-18(4)10-11-19(17)12-15(3)16-8-6-5-7-9-16/h5-9,14-15,17H,10-13H2,1-4H3/t15?,17-/m1/s1. The van der Waals surface area contributed by atoms with Gasteiger partial charge in [-0.05, 0) is 24.4 Å². The molecule has 1 aromatic rings. The van der Waals surface area contributed by atoms with Crippen LogP contribution in [0.4, 0.5) is 0 Å². The fraction of sp³-hybridized carbons (Fsp3) is 0.647. The number of rotatable bonds is 4. The van der Waals surface area contributed by atoms with E-state index >= 15 is 0 Å². The van der Waals surface area contributed by atoms with Crippen LogP contribution in [0, 0.1) is 5.92 Å². The lowest BCUT2D eigenvalue weighted by atomic mass is 9.95. The minimum absolute atomic E-state index is 0.617. The molecule has 2 rings (SSSR count). The lowest BCUT2D eigenvalue weighted by molar-refractivity contribution is 0.0593. The van der Waals surface area contributed by atoms with Crippen LogP contribution >= 0.6 is 0 Å². The topological polar surface area (TPSA) is 6.48 Å². The Morgan fingerprint density at radius 2 is 1.79 bits per heavy atom. The van der Waals surface area contributed by atoms with Gasteiger partial charge in [0.05, 0.1) is 0 Å². The fourth-order valence-corrected chi connectivity index (χ4v) is 3.09. The summed E-state index contributed by atoms with van der Waals surface area (Å²) >= 11 is 0. The second-order valence-corrected chi connectivity index (χ2v) is 6.38. The molecule has 0 aliphatic carbocycles. The second kappa shape index (κ2) is 6.53. The summed E-state index contributed by atoms with van der Waals surface area (Å²) in [6, 6.07) is 11.6. The number of hydrogen-bond acceptors (Lipinski definition) is 2. The van der Waals surface area contributed by atoms with E-state index in [0.717, 1.165) is 5.92 Å². The van der Waals surface area contributed by atoms with Crippen molar-refractivity contribution >= 4 is 0 Å². The second-order valence-electron chi connectivity index (χ2n) is 6.38. The smallest absolute Gasteiger partial charge is 0.0246 e. The highest BCUT2D eigenvalue weighted by Gasteiger charge is 2.28. The Bertz CT molecular complexity index is 374. The fourth-order valence-electron chi connectivity index (χ4n) is 3.09. The Kier molecular flexibility index (Phi) is 5.00. The predicted molar refractivity (Wildman–Crippen MR) is 82.6 cm³/mol. The lowest BCUT2D eigenvalue weighted by Crippen LogP contribution is -2.54. The first kappa shape index (κ1) is 14.5. The molecule has 106 valence electrons. The van der Waals surface area contributed by atoms with Gasteiger partial charge in [0.15, 0.2) is 0 Å². The third kappa shape index (κ3) is 3.80. The Balaban J connectivity index is 2.00. The van der Waals surface area contributed by atoms with Crippen LogP contribution in [0.1, 0.15) is 32.3 Å². The molecule has 2 nitrogen and oxygen atoms in total. The zero-order valence-electron chi connectivity index (χ0n) is 12.8. The molecule has 0 bridgehead atoms. The summed E-state index contributed by atoms with van der Waals surface area (Å²) in [7, 11) is 2.24.